The van der Waals surface area contributed by atoms with Crippen LogP contribution in [0.4, 0.5) is 0 Å². The number of rotatable bonds is 2. The standard InChI is InChI=1S/C11H8Br2OS/c12-10-5-9(11(13)15-10)8-3-1-7(6-14)2-4-8/h1-5,14H,6H2. The van der Waals surface area contributed by atoms with Gasteiger partial charge in [-0.05, 0) is 49.1 Å². The zero-order valence-electron chi connectivity index (χ0n) is 7.71. The molecule has 1 nitrogen and oxygen atoms in total. The van der Waals surface area contributed by atoms with Crippen LogP contribution in [0.1, 0.15) is 5.56 Å². The van der Waals surface area contributed by atoms with Gasteiger partial charge >= 0.3 is 0 Å². The second-order valence-electron chi connectivity index (χ2n) is 3.09. The molecule has 15 heavy (non-hydrogen) atoms. The van der Waals surface area contributed by atoms with Crippen LogP contribution in [0.15, 0.2) is 37.9 Å². The monoisotopic (exact) mass is 346 g/mol. The zero-order valence-corrected chi connectivity index (χ0v) is 11.7. The average Bonchev–Trinajstić information content (AvgIpc) is 2.58. The van der Waals surface area contributed by atoms with E-state index in [4.69, 9.17) is 5.11 Å². The van der Waals surface area contributed by atoms with Crippen LogP contribution < -0.4 is 0 Å². The van der Waals surface area contributed by atoms with E-state index in [0.29, 0.717) is 0 Å². The van der Waals surface area contributed by atoms with Crippen LogP contribution in [0.2, 0.25) is 0 Å². The second-order valence-corrected chi connectivity index (χ2v) is 6.84. The Morgan fingerprint density at radius 2 is 1.80 bits per heavy atom. The molecular weight excluding hydrogens is 340 g/mol. The fraction of sp³-hybridized carbons (Fsp3) is 0.0909. The lowest BCUT2D eigenvalue weighted by molar-refractivity contribution is 0.282. The highest BCUT2D eigenvalue weighted by Crippen LogP contribution is 2.38. The van der Waals surface area contributed by atoms with E-state index in [0.717, 1.165) is 18.7 Å². The van der Waals surface area contributed by atoms with Crippen LogP contribution in [0.5, 0.6) is 0 Å². The molecule has 0 fully saturated rings. The van der Waals surface area contributed by atoms with Crippen molar-refractivity contribution in [3.8, 4) is 11.1 Å². The number of aliphatic hydroxyl groups is 1. The molecule has 2 rings (SSSR count). The summed E-state index contributed by atoms with van der Waals surface area (Å²) in [5.41, 5.74) is 3.27. The third-order valence-corrected chi connectivity index (χ3v) is 4.44. The molecule has 0 saturated carbocycles. The summed E-state index contributed by atoms with van der Waals surface area (Å²) in [4.78, 5) is 0. The molecule has 1 N–H and O–H groups in total. The van der Waals surface area contributed by atoms with Crippen molar-refractivity contribution >= 4 is 43.2 Å². The number of thiophene rings is 1. The Bertz CT molecular complexity index is 462. The predicted octanol–water partition coefficient (Wildman–Crippen LogP) is 4.43. The van der Waals surface area contributed by atoms with Crippen molar-refractivity contribution in [1.82, 2.24) is 0 Å². The summed E-state index contributed by atoms with van der Waals surface area (Å²) < 4.78 is 2.22. The molecule has 0 aliphatic heterocycles. The summed E-state index contributed by atoms with van der Waals surface area (Å²) >= 11 is 8.64. The second kappa shape index (κ2) is 4.78. The number of halogens is 2. The Morgan fingerprint density at radius 3 is 2.27 bits per heavy atom. The van der Waals surface area contributed by atoms with Crippen LogP contribution in [0, 0.1) is 0 Å². The smallest absolute Gasteiger partial charge is 0.0788 e. The molecule has 0 amide bonds. The summed E-state index contributed by atoms with van der Waals surface area (Å²) in [5, 5.41) is 8.94. The summed E-state index contributed by atoms with van der Waals surface area (Å²) in [6.07, 6.45) is 0. The van der Waals surface area contributed by atoms with Crippen molar-refractivity contribution < 1.29 is 5.11 Å². The lowest BCUT2D eigenvalue weighted by atomic mass is 10.1. The van der Waals surface area contributed by atoms with Crippen molar-refractivity contribution in [2.24, 2.45) is 0 Å². The molecule has 0 saturated heterocycles. The van der Waals surface area contributed by atoms with Crippen molar-refractivity contribution in [3.05, 3.63) is 43.5 Å². The highest BCUT2D eigenvalue weighted by atomic mass is 79.9. The van der Waals surface area contributed by atoms with E-state index in [1.165, 1.54) is 5.56 Å². The van der Waals surface area contributed by atoms with Gasteiger partial charge in [0.05, 0.1) is 14.2 Å². The minimum absolute atomic E-state index is 0.0920. The Hall–Kier alpha value is -0.160. The largest absolute Gasteiger partial charge is 0.392 e. The summed E-state index contributed by atoms with van der Waals surface area (Å²) in [5.74, 6) is 0. The van der Waals surface area contributed by atoms with Crippen LogP contribution in [-0.4, -0.2) is 5.11 Å². The van der Waals surface area contributed by atoms with Crippen LogP contribution in [0.3, 0.4) is 0 Å². The fourth-order valence-corrected chi connectivity index (χ4v) is 4.19. The maximum atomic E-state index is 8.94. The zero-order chi connectivity index (χ0) is 10.8. The Kier molecular flexibility index (Phi) is 3.61. The Balaban J connectivity index is 2.41. The Labute approximate surface area is 109 Å². The molecule has 1 aromatic heterocycles. The van der Waals surface area contributed by atoms with E-state index in [-0.39, 0.29) is 6.61 Å². The average molecular weight is 348 g/mol. The van der Waals surface area contributed by atoms with Crippen molar-refractivity contribution in [2.45, 2.75) is 6.61 Å². The first-order valence-corrected chi connectivity index (χ1v) is 6.76. The topological polar surface area (TPSA) is 20.2 Å². The highest BCUT2D eigenvalue weighted by molar-refractivity contribution is 9.12. The van der Waals surface area contributed by atoms with E-state index in [1.54, 1.807) is 11.3 Å². The number of aliphatic hydroxyl groups excluding tert-OH is 1. The van der Waals surface area contributed by atoms with Gasteiger partial charge < -0.3 is 5.11 Å². The molecule has 2 aromatic rings. The first kappa shape index (κ1) is 11.3. The molecule has 0 aliphatic rings. The SMILES string of the molecule is OCc1ccc(-c2cc(Br)sc2Br)cc1. The van der Waals surface area contributed by atoms with Crippen molar-refractivity contribution in [2.75, 3.05) is 0 Å². The minimum atomic E-state index is 0.0920. The van der Waals surface area contributed by atoms with Gasteiger partial charge in [-0.2, -0.15) is 0 Å². The molecule has 0 bridgehead atoms. The first-order chi connectivity index (χ1) is 7.20. The molecule has 1 aromatic carbocycles. The molecule has 0 radical (unpaired) electrons. The summed E-state index contributed by atoms with van der Waals surface area (Å²) in [6, 6.07) is 10.00. The van der Waals surface area contributed by atoms with Gasteiger partial charge in [0.1, 0.15) is 0 Å². The summed E-state index contributed by atoms with van der Waals surface area (Å²) in [7, 11) is 0. The molecule has 1 heterocycles. The van der Waals surface area contributed by atoms with Gasteiger partial charge in [0.15, 0.2) is 0 Å². The van der Waals surface area contributed by atoms with Crippen LogP contribution in [0.25, 0.3) is 11.1 Å². The normalized spacial score (nSPS) is 10.6. The fourth-order valence-electron chi connectivity index (χ4n) is 1.33. The molecule has 4 heteroatoms. The third-order valence-electron chi connectivity index (χ3n) is 2.10. The molecule has 78 valence electrons. The van der Waals surface area contributed by atoms with Crippen molar-refractivity contribution in [1.29, 1.82) is 0 Å². The number of hydrogen-bond acceptors (Lipinski definition) is 2. The van der Waals surface area contributed by atoms with Gasteiger partial charge in [-0.3, -0.25) is 0 Å². The van der Waals surface area contributed by atoms with E-state index in [1.807, 2.05) is 24.3 Å². The quantitative estimate of drug-likeness (QED) is 0.851. The molecule has 0 atom stereocenters. The third kappa shape index (κ3) is 2.50. The van der Waals surface area contributed by atoms with E-state index >= 15 is 0 Å². The van der Waals surface area contributed by atoms with Gasteiger partial charge in [-0.25, -0.2) is 0 Å². The summed E-state index contributed by atoms with van der Waals surface area (Å²) in [6.45, 7) is 0.0920. The lowest BCUT2D eigenvalue weighted by Crippen LogP contribution is -1.82. The van der Waals surface area contributed by atoms with Crippen molar-refractivity contribution in [3.63, 3.8) is 0 Å². The minimum Gasteiger partial charge on any atom is -0.392 e. The van der Waals surface area contributed by atoms with Gasteiger partial charge in [0.2, 0.25) is 0 Å². The maximum Gasteiger partial charge on any atom is 0.0788 e. The number of hydrogen-bond donors (Lipinski definition) is 1. The van der Waals surface area contributed by atoms with Gasteiger partial charge in [0, 0.05) is 5.56 Å². The number of benzene rings is 1. The van der Waals surface area contributed by atoms with Gasteiger partial charge in [-0.1, -0.05) is 24.3 Å². The Morgan fingerprint density at radius 1 is 1.13 bits per heavy atom. The predicted molar refractivity (Wildman–Crippen MR) is 71.1 cm³/mol. The maximum absolute atomic E-state index is 8.94. The first-order valence-electron chi connectivity index (χ1n) is 4.35. The molecular formula is C11H8Br2OS. The molecule has 0 unspecified atom stereocenters. The lowest BCUT2D eigenvalue weighted by Gasteiger charge is -2.00. The van der Waals surface area contributed by atoms with Crippen LogP contribution >= 0.6 is 43.2 Å². The van der Waals surface area contributed by atoms with Gasteiger partial charge in [0.25, 0.3) is 0 Å². The van der Waals surface area contributed by atoms with E-state index < -0.39 is 0 Å². The highest BCUT2D eigenvalue weighted by Gasteiger charge is 2.07. The van der Waals surface area contributed by atoms with Crippen LogP contribution in [-0.2, 0) is 6.61 Å². The molecule has 0 aliphatic carbocycles. The van der Waals surface area contributed by atoms with E-state index in [2.05, 4.69) is 37.9 Å². The van der Waals surface area contributed by atoms with Gasteiger partial charge in [-0.15, -0.1) is 11.3 Å². The molecule has 0 spiro atoms. The van der Waals surface area contributed by atoms with E-state index in [9.17, 15) is 0 Å².